The highest BCUT2D eigenvalue weighted by Crippen LogP contribution is 2.10. The molecule has 2 heterocycles. The van der Waals surface area contributed by atoms with Crippen LogP contribution in [0.15, 0.2) is 42.7 Å². The van der Waals surface area contributed by atoms with Crippen molar-refractivity contribution in [2.45, 2.75) is 6.54 Å². The molecule has 0 spiro atoms. The van der Waals surface area contributed by atoms with Gasteiger partial charge in [-0.25, -0.2) is 0 Å². The van der Waals surface area contributed by atoms with Crippen molar-refractivity contribution in [2.24, 2.45) is 0 Å². The molecule has 0 aliphatic carbocycles. The van der Waals surface area contributed by atoms with Gasteiger partial charge in [0, 0.05) is 32.2 Å². The molecule has 0 saturated carbocycles. The number of pyridine rings is 2. The lowest BCUT2D eigenvalue weighted by molar-refractivity contribution is 0.0822. The molecule has 2 aromatic rings. The van der Waals surface area contributed by atoms with Crippen molar-refractivity contribution < 1.29 is 4.79 Å². The maximum Gasteiger partial charge on any atom is 0.272 e. The van der Waals surface area contributed by atoms with Crippen LogP contribution in [0.25, 0.3) is 0 Å². The number of carbonyl (C=O) groups excluding carboxylic acids is 1. The van der Waals surface area contributed by atoms with Gasteiger partial charge in [-0.1, -0.05) is 6.07 Å². The monoisotopic (exact) mass is 256 g/mol. The van der Waals surface area contributed by atoms with Crippen LogP contribution < -0.4 is 5.32 Å². The van der Waals surface area contributed by atoms with Crippen LogP contribution in [0.1, 0.15) is 16.2 Å². The van der Waals surface area contributed by atoms with Gasteiger partial charge in [0.2, 0.25) is 0 Å². The number of aromatic nitrogens is 2. The van der Waals surface area contributed by atoms with E-state index in [2.05, 4.69) is 15.3 Å². The van der Waals surface area contributed by atoms with Crippen LogP contribution >= 0.6 is 0 Å². The number of carbonyl (C=O) groups is 1. The minimum absolute atomic E-state index is 0.110. The maximum atomic E-state index is 11.8. The van der Waals surface area contributed by atoms with Crippen molar-refractivity contribution in [3.05, 3.63) is 54.1 Å². The molecule has 2 aromatic heterocycles. The first kappa shape index (κ1) is 13.0. The van der Waals surface area contributed by atoms with Crippen molar-refractivity contribution in [1.82, 2.24) is 14.9 Å². The van der Waals surface area contributed by atoms with E-state index >= 15 is 0 Å². The van der Waals surface area contributed by atoms with E-state index in [9.17, 15) is 4.79 Å². The zero-order valence-corrected chi connectivity index (χ0v) is 11.0. The summed E-state index contributed by atoms with van der Waals surface area (Å²) in [6, 6.07) is 9.34. The molecule has 0 radical (unpaired) electrons. The lowest BCUT2D eigenvalue weighted by atomic mass is 10.3. The van der Waals surface area contributed by atoms with Crippen LogP contribution in [-0.2, 0) is 6.54 Å². The third kappa shape index (κ3) is 3.51. The van der Waals surface area contributed by atoms with E-state index in [-0.39, 0.29) is 5.91 Å². The zero-order valence-electron chi connectivity index (χ0n) is 11.0. The van der Waals surface area contributed by atoms with Gasteiger partial charge in [-0.3, -0.25) is 14.8 Å². The molecular weight excluding hydrogens is 240 g/mol. The Kier molecular flexibility index (Phi) is 4.07. The highest BCUT2D eigenvalue weighted by atomic mass is 16.2. The molecule has 5 nitrogen and oxygen atoms in total. The number of hydrogen-bond acceptors (Lipinski definition) is 4. The second-order valence-corrected chi connectivity index (χ2v) is 4.30. The second kappa shape index (κ2) is 5.95. The molecule has 0 aromatic carbocycles. The average Bonchev–Trinajstić information content (AvgIpc) is 2.45. The molecule has 19 heavy (non-hydrogen) atoms. The van der Waals surface area contributed by atoms with Crippen LogP contribution in [0.4, 0.5) is 5.69 Å². The van der Waals surface area contributed by atoms with Crippen molar-refractivity contribution >= 4 is 11.6 Å². The third-order valence-corrected chi connectivity index (χ3v) is 2.59. The Balaban J connectivity index is 2.05. The summed E-state index contributed by atoms with van der Waals surface area (Å²) in [4.78, 5) is 21.6. The second-order valence-electron chi connectivity index (χ2n) is 4.30. The highest BCUT2D eigenvalue weighted by molar-refractivity contribution is 5.92. The molecule has 0 fully saturated rings. The van der Waals surface area contributed by atoms with Gasteiger partial charge in [0.25, 0.3) is 5.91 Å². The molecule has 2 rings (SSSR count). The quantitative estimate of drug-likeness (QED) is 0.906. The number of anilines is 1. The molecule has 5 heteroatoms. The van der Waals surface area contributed by atoms with Crippen LogP contribution in [-0.4, -0.2) is 34.9 Å². The highest BCUT2D eigenvalue weighted by Gasteiger charge is 2.09. The molecule has 0 saturated heterocycles. The first-order valence-corrected chi connectivity index (χ1v) is 5.98. The van der Waals surface area contributed by atoms with E-state index in [0.717, 1.165) is 11.4 Å². The van der Waals surface area contributed by atoms with E-state index in [1.54, 1.807) is 32.6 Å². The molecule has 0 aliphatic rings. The third-order valence-electron chi connectivity index (χ3n) is 2.59. The van der Waals surface area contributed by atoms with Crippen molar-refractivity contribution in [1.29, 1.82) is 0 Å². The minimum Gasteiger partial charge on any atom is -0.379 e. The van der Waals surface area contributed by atoms with Crippen molar-refractivity contribution in [3.63, 3.8) is 0 Å². The SMILES string of the molecule is CN(C)C(=O)c1cc(NCc2ccccn2)ccn1. The van der Waals surface area contributed by atoms with Gasteiger partial charge in [0.1, 0.15) is 5.69 Å². The fraction of sp³-hybridized carbons (Fsp3) is 0.214. The summed E-state index contributed by atoms with van der Waals surface area (Å²) in [6.07, 6.45) is 3.38. The molecule has 0 unspecified atom stereocenters. The Morgan fingerprint density at radius 2 is 2.05 bits per heavy atom. The lowest BCUT2D eigenvalue weighted by Gasteiger charge is -2.11. The molecule has 1 amide bonds. The largest absolute Gasteiger partial charge is 0.379 e. The van der Waals surface area contributed by atoms with Gasteiger partial charge in [-0.2, -0.15) is 0 Å². The minimum atomic E-state index is -0.110. The molecule has 0 atom stereocenters. The van der Waals surface area contributed by atoms with Crippen LogP contribution in [0, 0.1) is 0 Å². The molecular formula is C14H16N4O. The zero-order chi connectivity index (χ0) is 13.7. The predicted molar refractivity (Wildman–Crippen MR) is 73.8 cm³/mol. The number of rotatable bonds is 4. The van der Waals surface area contributed by atoms with Gasteiger partial charge in [0.05, 0.1) is 12.2 Å². The van der Waals surface area contributed by atoms with E-state index in [1.807, 2.05) is 24.3 Å². The fourth-order valence-corrected chi connectivity index (χ4v) is 1.58. The van der Waals surface area contributed by atoms with E-state index < -0.39 is 0 Å². The first-order chi connectivity index (χ1) is 9.16. The Labute approximate surface area is 112 Å². The van der Waals surface area contributed by atoms with E-state index in [4.69, 9.17) is 0 Å². The summed E-state index contributed by atoms with van der Waals surface area (Å²) >= 11 is 0. The standard InChI is InChI=1S/C14H16N4O/c1-18(2)14(19)13-9-11(6-8-16-13)17-10-12-5-3-4-7-15-12/h3-9H,10H2,1-2H3,(H,16,17). The molecule has 1 N–H and O–H groups in total. The van der Waals surface area contributed by atoms with E-state index in [1.165, 1.54) is 4.90 Å². The summed E-state index contributed by atoms with van der Waals surface area (Å²) in [5.74, 6) is -0.110. The van der Waals surface area contributed by atoms with Gasteiger partial charge in [-0.15, -0.1) is 0 Å². The topological polar surface area (TPSA) is 58.1 Å². The fourth-order valence-electron chi connectivity index (χ4n) is 1.58. The van der Waals surface area contributed by atoms with Crippen LogP contribution in [0.5, 0.6) is 0 Å². The Morgan fingerprint density at radius 3 is 2.74 bits per heavy atom. The summed E-state index contributed by atoms with van der Waals surface area (Å²) in [6.45, 7) is 0.612. The Morgan fingerprint density at radius 1 is 1.21 bits per heavy atom. The number of amides is 1. The van der Waals surface area contributed by atoms with Crippen LogP contribution in [0.2, 0.25) is 0 Å². The first-order valence-electron chi connectivity index (χ1n) is 5.98. The van der Waals surface area contributed by atoms with Crippen LogP contribution in [0.3, 0.4) is 0 Å². The summed E-state index contributed by atoms with van der Waals surface area (Å²) in [7, 11) is 3.41. The predicted octanol–water partition coefficient (Wildman–Crippen LogP) is 1.79. The van der Waals surface area contributed by atoms with Gasteiger partial charge in [-0.05, 0) is 24.3 Å². The molecule has 0 aliphatic heterocycles. The number of hydrogen-bond donors (Lipinski definition) is 1. The smallest absolute Gasteiger partial charge is 0.272 e. The van der Waals surface area contributed by atoms with E-state index in [0.29, 0.717) is 12.2 Å². The summed E-state index contributed by atoms with van der Waals surface area (Å²) in [5.41, 5.74) is 2.22. The maximum absolute atomic E-state index is 11.8. The van der Waals surface area contributed by atoms with Gasteiger partial charge >= 0.3 is 0 Å². The normalized spacial score (nSPS) is 10.0. The summed E-state index contributed by atoms with van der Waals surface area (Å²) < 4.78 is 0. The average molecular weight is 256 g/mol. The van der Waals surface area contributed by atoms with Gasteiger partial charge in [0.15, 0.2) is 0 Å². The number of nitrogens with zero attached hydrogens (tertiary/aromatic N) is 3. The summed E-state index contributed by atoms with van der Waals surface area (Å²) in [5, 5.41) is 3.22. The molecule has 98 valence electrons. The Bertz CT molecular complexity index is 554. The van der Waals surface area contributed by atoms with Crippen molar-refractivity contribution in [2.75, 3.05) is 19.4 Å². The van der Waals surface area contributed by atoms with Crippen molar-refractivity contribution in [3.8, 4) is 0 Å². The molecule has 0 bridgehead atoms. The lowest BCUT2D eigenvalue weighted by Crippen LogP contribution is -2.22. The Hall–Kier alpha value is -2.43. The van der Waals surface area contributed by atoms with Gasteiger partial charge < -0.3 is 10.2 Å². The number of nitrogens with one attached hydrogen (secondary N) is 1.